The molecule has 4 aromatic heterocycles. The summed E-state index contributed by atoms with van der Waals surface area (Å²) in [7, 11) is 2.83. The number of para-hydroxylation sites is 4. The number of fused-ring (bicyclic) bond motifs is 2. The molecule has 0 radical (unpaired) electrons. The number of hydrogen-bond donors (Lipinski definition) is 2. The molecule has 250 valence electrons. The molecule has 8 nitrogen and oxygen atoms in total. The first-order chi connectivity index (χ1) is 22.9. The smallest absolute Gasteiger partial charge is 0.422 e. The number of benzene rings is 2. The standard InChI is InChI=1S/C32H28F6N6O2S2/c1-19-25(43(13-11-27(19)45-17-31(33,34)35)29-39-21-7-3-4-8-22(21)40-29)15-47-48-16-26-20(2)28(46-18-32(36,37)38)12-14-44(26)30-41-23-9-5-6-10-24(23)42-30/h3-14H,15-18H2,1-2H3,(H,39,40)(H,41,42)/q+2. The molecule has 6 rings (SSSR count). The predicted octanol–water partition coefficient (Wildman–Crippen LogP) is 7.57. The number of nitrogens with one attached hydrogen (secondary N) is 2. The Morgan fingerprint density at radius 1 is 0.625 bits per heavy atom. The van der Waals surface area contributed by atoms with E-state index in [0.717, 1.165) is 22.1 Å². The van der Waals surface area contributed by atoms with Crippen molar-refractivity contribution < 1.29 is 45.0 Å². The molecule has 48 heavy (non-hydrogen) atoms. The van der Waals surface area contributed by atoms with E-state index in [9.17, 15) is 26.3 Å². The molecule has 4 heterocycles. The van der Waals surface area contributed by atoms with Gasteiger partial charge in [-0.3, -0.25) is 0 Å². The zero-order chi connectivity index (χ0) is 34.1. The summed E-state index contributed by atoms with van der Waals surface area (Å²) in [5.41, 5.74) is 5.34. The number of nitrogens with zero attached hydrogens (tertiary/aromatic N) is 4. The number of halogens is 6. The fourth-order valence-corrected chi connectivity index (χ4v) is 7.32. The minimum atomic E-state index is -4.51. The van der Waals surface area contributed by atoms with E-state index in [1.54, 1.807) is 35.4 Å². The number of aromatic nitrogens is 6. The summed E-state index contributed by atoms with van der Waals surface area (Å²) in [6.07, 6.45) is -5.80. The topological polar surface area (TPSA) is 83.6 Å². The van der Waals surface area contributed by atoms with Crippen molar-refractivity contribution in [1.82, 2.24) is 19.9 Å². The Morgan fingerprint density at radius 2 is 1.02 bits per heavy atom. The van der Waals surface area contributed by atoms with Crippen LogP contribution in [0.3, 0.4) is 0 Å². The highest BCUT2D eigenvalue weighted by molar-refractivity contribution is 8.76. The highest BCUT2D eigenvalue weighted by atomic mass is 33.1. The van der Waals surface area contributed by atoms with Crippen LogP contribution in [0.4, 0.5) is 26.3 Å². The maximum Gasteiger partial charge on any atom is 0.422 e. The zero-order valence-corrected chi connectivity index (χ0v) is 27.1. The van der Waals surface area contributed by atoms with Gasteiger partial charge in [0, 0.05) is 23.3 Å². The minimum Gasteiger partial charge on any atom is -0.484 e. The summed E-state index contributed by atoms with van der Waals surface area (Å²) in [5, 5.41) is 0. The normalized spacial score (nSPS) is 12.2. The molecular weight excluding hydrogens is 679 g/mol. The number of pyridine rings is 2. The number of rotatable bonds is 11. The molecule has 0 saturated carbocycles. The number of H-pyrrole nitrogens is 2. The van der Waals surface area contributed by atoms with Crippen molar-refractivity contribution in [1.29, 1.82) is 0 Å². The van der Waals surface area contributed by atoms with Crippen molar-refractivity contribution in [3.63, 3.8) is 0 Å². The van der Waals surface area contributed by atoms with Crippen LogP contribution in [0, 0.1) is 13.8 Å². The van der Waals surface area contributed by atoms with E-state index < -0.39 is 25.6 Å². The van der Waals surface area contributed by atoms with Crippen LogP contribution < -0.4 is 18.6 Å². The van der Waals surface area contributed by atoms with Crippen LogP contribution in [0.25, 0.3) is 34.0 Å². The monoisotopic (exact) mass is 706 g/mol. The lowest BCUT2D eigenvalue weighted by molar-refractivity contribution is -0.611. The van der Waals surface area contributed by atoms with Crippen molar-refractivity contribution >= 4 is 43.7 Å². The van der Waals surface area contributed by atoms with E-state index >= 15 is 0 Å². The quantitative estimate of drug-likeness (QED) is 0.0626. The highest BCUT2D eigenvalue weighted by Crippen LogP contribution is 2.34. The molecule has 0 aliphatic heterocycles. The molecule has 6 aromatic rings. The summed E-state index contributed by atoms with van der Waals surface area (Å²) >= 11 is 0. The number of hydrogen-bond acceptors (Lipinski definition) is 6. The molecule has 0 bridgehead atoms. The van der Waals surface area contributed by atoms with Crippen molar-refractivity contribution in [3.8, 4) is 23.4 Å². The lowest BCUT2D eigenvalue weighted by Gasteiger charge is -2.16. The number of aromatic amines is 2. The first-order valence-electron chi connectivity index (χ1n) is 14.5. The average Bonchev–Trinajstić information content (AvgIpc) is 3.66. The van der Waals surface area contributed by atoms with Crippen molar-refractivity contribution in [2.24, 2.45) is 0 Å². The van der Waals surface area contributed by atoms with Crippen molar-refractivity contribution in [2.45, 2.75) is 37.7 Å². The number of ether oxygens (including phenoxy) is 2. The predicted molar refractivity (Wildman–Crippen MR) is 170 cm³/mol. The third-order valence-corrected chi connectivity index (χ3v) is 9.56. The van der Waals surface area contributed by atoms with Gasteiger partial charge in [0.15, 0.2) is 24.2 Å². The van der Waals surface area contributed by atoms with E-state index in [1.165, 1.54) is 33.7 Å². The molecule has 0 unspecified atom stereocenters. The molecule has 2 aromatic carbocycles. The van der Waals surface area contributed by atoms with Crippen molar-refractivity contribution in [3.05, 3.63) is 95.6 Å². The van der Waals surface area contributed by atoms with Crippen molar-refractivity contribution in [2.75, 3.05) is 13.2 Å². The molecule has 0 spiro atoms. The first-order valence-corrected chi connectivity index (χ1v) is 17.0. The van der Waals surface area contributed by atoms with Gasteiger partial charge in [0.2, 0.25) is 0 Å². The number of imidazole rings is 2. The van der Waals surface area contributed by atoms with Gasteiger partial charge in [-0.1, -0.05) is 55.8 Å². The lowest BCUT2D eigenvalue weighted by atomic mass is 10.2. The van der Waals surface area contributed by atoms with E-state index in [2.05, 4.69) is 19.9 Å². The van der Waals surface area contributed by atoms with Gasteiger partial charge in [-0.25, -0.2) is 19.1 Å². The van der Waals surface area contributed by atoms with Gasteiger partial charge in [-0.05, 0) is 38.1 Å². The summed E-state index contributed by atoms with van der Waals surface area (Å²) in [5.74, 6) is 1.79. The molecule has 0 amide bonds. The van der Waals surface area contributed by atoms with Gasteiger partial charge in [0.05, 0.1) is 23.9 Å². The Labute approximate surface area is 277 Å². The second kappa shape index (κ2) is 13.6. The lowest BCUT2D eigenvalue weighted by Crippen LogP contribution is -2.38. The fourth-order valence-electron chi connectivity index (χ4n) is 5.05. The molecule has 16 heteroatoms. The van der Waals surface area contributed by atoms with Gasteiger partial charge >= 0.3 is 24.2 Å². The highest BCUT2D eigenvalue weighted by Gasteiger charge is 2.31. The van der Waals surface area contributed by atoms with Crippen LogP contribution in [0.15, 0.2) is 73.1 Å². The maximum absolute atomic E-state index is 13.0. The van der Waals surface area contributed by atoms with Crippen LogP contribution in [0.2, 0.25) is 0 Å². The SMILES string of the molecule is Cc1c(OCC(F)(F)F)cc[n+](-c2nc3ccccc3[nH]2)c1CSSCc1c(C)c(OCC(F)(F)F)cc[n+]1-c1nc2ccccc2[nH]1. The Kier molecular flexibility index (Phi) is 9.47. The molecular formula is C32H28F6N6O2S2+2. The summed E-state index contributed by atoms with van der Waals surface area (Å²) in [4.78, 5) is 15.8. The van der Waals surface area contributed by atoms with Gasteiger partial charge in [0.1, 0.15) is 33.9 Å². The molecule has 0 aliphatic carbocycles. The fraction of sp³-hybridized carbons (Fsp3) is 0.250. The van der Waals surface area contributed by atoms with Crippen LogP contribution in [0.5, 0.6) is 11.5 Å². The van der Waals surface area contributed by atoms with Gasteiger partial charge in [-0.15, -0.1) is 0 Å². The molecule has 2 N–H and O–H groups in total. The first kappa shape index (κ1) is 33.5. The largest absolute Gasteiger partial charge is 0.484 e. The van der Waals surface area contributed by atoms with Crippen LogP contribution in [-0.2, 0) is 11.5 Å². The Morgan fingerprint density at radius 3 is 1.40 bits per heavy atom. The Hall–Kier alpha value is -4.44. The molecule has 0 saturated heterocycles. The van der Waals surface area contributed by atoms with E-state index in [1.807, 2.05) is 48.5 Å². The second-order valence-electron chi connectivity index (χ2n) is 10.7. The molecule has 0 fully saturated rings. The third kappa shape index (κ3) is 7.65. The molecule has 0 atom stereocenters. The Balaban J connectivity index is 1.29. The minimum absolute atomic E-state index is 0.0911. The maximum atomic E-state index is 13.0. The van der Waals surface area contributed by atoms with Crippen LogP contribution >= 0.6 is 21.6 Å². The van der Waals surface area contributed by atoms with Gasteiger partial charge < -0.3 is 9.47 Å². The molecule has 0 aliphatic rings. The second-order valence-corrected chi connectivity index (χ2v) is 13.2. The summed E-state index contributed by atoms with van der Waals surface area (Å²) in [6.45, 7) is 0.508. The van der Waals surface area contributed by atoms with Crippen LogP contribution in [0.1, 0.15) is 22.5 Å². The number of alkyl halides is 6. The van der Waals surface area contributed by atoms with E-state index in [0.29, 0.717) is 45.9 Å². The van der Waals surface area contributed by atoms with Crippen LogP contribution in [-0.4, -0.2) is 45.5 Å². The zero-order valence-electron chi connectivity index (χ0n) is 25.4. The van der Waals surface area contributed by atoms with Gasteiger partial charge in [-0.2, -0.15) is 26.3 Å². The third-order valence-electron chi connectivity index (χ3n) is 7.40. The summed E-state index contributed by atoms with van der Waals surface area (Å²) in [6, 6.07) is 17.8. The summed E-state index contributed by atoms with van der Waals surface area (Å²) < 4.78 is 91.8. The van der Waals surface area contributed by atoms with Gasteiger partial charge in [0.25, 0.3) is 0 Å². The Bertz CT molecular complexity index is 1870. The average molecular weight is 707 g/mol. The van der Waals surface area contributed by atoms with E-state index in [-0.39, 0.29) is 11.5 Å². The van der Waals surface area contributed by atoms with E-state index in [4.69, 9.17) is 9.47 Å².